The third-order valence-corrected chi connectivity index (χ3v) is 4.85. The summed E-state index contributed by atoms with van der Waals surface area (Å²) in [4.78, 5) is 0. The van der Waals surface area contributed by atoms with Crippen LogP contribution in [0.3, 0.4) is 0 Å². The van der Waals surface area contributed by atoms with Crippen LogP contribution in [0.15, 0.2) is 30.3 Å². The Hall–Kier alpha value is -0.820. The summed E-state index contributed by atoms with van der Waals surface area (Å²) in [5.41, 5.74) is 1.54. The number of nitrogens with one attached hydrogen (secondary N) is 1. The zero-order chi connectivity index (χ0) is 13.5. The van der Waals surface area contributed by atoms with Crippen molar-refractivity contribution < 1.29 is 0 Å². The van der Waals surface area contributed by atoms with E-state index in [1.54, 1.807) is 5.56 Å². The van der Waals surface area contributed by atoms with Crippen molar-refractivity contribution in [1.29, 1.82) is 0 Å². The van der Waals surface area contributed by atoms with Gasteiger partial charge in [0, 0.05) is 6.04 Å². The summed E-state index contributed by atoms with van der Waals surface area (Å²) in [6.45, 7) is 5.83. The Balaban J connectivity index is 1.74. The first-order valence-electron chi connectivity index (χ1n) is 8.11. The molecule has 1 fully saturated rings. The van der Waals surface area contributed by atoms with E-state index < -0.39 is 0 Å². The van der Waals surface area contributed by atoms with Gasteiger partial charge in [-0.05, 0) is 49.6 Å². The van der Waals surface area contributed by atoms with E-state index in [-0.39, 0.29) is 0 Å². The van der Waals surface area contributed by atoms with Gasteiger partial charge in [0.05, 0.1) is 0 Å². The minimum Gasteiger partial charge on any atom is -0.314 e. The van der Waals surface area contributed by atoms with E-state index in [2.05, 4.69) is 49.5 Å². The van der Waals surface area contributed by atoms with Gasteiger partial charge in [0.15, 0.2) is 0 Å². The zero-order valence-corrected chi connectivity index (χ0v) is 12.6. The monoisotopic (exact) mass is 259 g/mol. The van der Waals surface area contributed by atoms with Crippen molar-refractivity contribution in [3.8, 4) is 0 Å². The van der Waals surface area contributed by atoms with Gasteiger partial charge in [-0.2, -0.15) is 0 Å². The second-order valence-electron chi connectivity index (χ2n) is 6.05. The number of rotatable bonds is 6. The lowest BCUT2D eigenvalue weighted by molar-refractivity contribution is 0.318. The lowest BCUT2D eigenvalue weighted by atomic mass is 9.81. The van der Waals surface area contributed by atoms with Crippen LogP contribution in [0.5, 0.6) is 0 Å². The fourth-order valence-electron chi connectivity index (χ4n) is 3.27. The van der Waals surface area contributed by atoms with Gasteiger partial charge in [0.1, 0.15) is 0 Å². The van der Waals surface area contributed by atoms with E-state index in [4.69, 9.17) is 0 Å². The van der Waals surface area contributed by atoms with Gasteiger partial charge in [0.25, 0.3) is 0 Å². The maximum Gasteiger partial charge on any atom is 0.00676 e. The smallest absolute Gasteiger partial charge is 0.00676 e. The van der Waals surface area contributed by atoms with Gasteiger partial charge in [-0.25, -0.2) is 0 Å². The SMILES string of the molecule is CCC(CC)CNC1CCC(c2ccccc2)CC1. The lowest BCUT2D eigenvalue weighted by Gasteiger charge is -2.30. The molecule has 1 N–H and O–H groups in total. The molecular weight excluding hydrogens is 230 g/mol. The first-order valence-corrected chi connectivity index (χ1v) is 8.11. The summed E-state index contributed by atoms with van der Waals surface area (Å²) >= 11 is 0. The van der Waals surface area contributed by atoms with Crippen molar-refractivity contribution in [1.82, 2.24) is 5.32 Å². The fraction of sp³-hybridized carbons (Fsp3) is 0.667. The largest absolute Gasteiger partial charge is 0.314 e. The molecule has 0 radical (unpaired) electrons. The highest BCUT2D eigenvalue weighted by atomic mass is 14.9. The summed E-state index contributed by atoms with van der Waals surface area (Å²) in [6.07, 6.45) is 8.01. The Morgan fingerprint density at radius 3 is 2.21 bits per heavy atom. The molecule has 0 aromatic heterocycles. The normalized spacial score (nSPS) is 23.7. The third kappa shape index (κ3) is 4.35. The summed E-state index contributed by atoms with van der Waals surface area (Å²) in [5, 5.41) is 3.80. The second-order valence-corrected chi connectivity index (χ2v) is 6.05. The molecule has 0 bridgehead atoms. The van der Waals surface area contributed by atoms with Crippen LogP contribution in [0.4, 0.5) is 0 Å². The van der Waals surface area contributed by atoms with Crippen LogP contribution in [0.1, 0.15) is 63.9 Å². The molecule has 0 amide bonds. The van der Waals surface area contributed by atoms with Crippen molar-refractivity contribution in [2.45, 2.75) is 64.3 Å². The molecule has 2 rings (SSSR count). The van der Waals surface area contributed by atoms with E-state index in [0.717, 1.165) is 17.9 Å². The maximum atomic E-state index is 3.80. The van der Waals surface area contributed by atoms with Gasteiger partial charge >= 0.3 is 0 Å². The molecule has 1 aliphatic rings. The van der Waals surface area contributed by atoms with Gasteiger partial charge in [0.2, 0.25) is 0 Å². The molecule has 0 aliphatic heterocycles. The highest BCUT2D eigenvalue weighted by molar-refractivity contribution is 5.20. The Morgan fingerprint density at radius 2 is 1.63 bits per heavy atom. The number of hydrogen-bond acceptors (Lipinski definition) is 1. The molecule has 0 atom stereocenters. The number of benzene rings is 1. The Labute approximate surface area is 118 Å². The summed E-state index contributed by atoms with van der Waals surface area (Å²) in [7, 11) is 0. The quantitative estimate of drug-likeness (QED) is 0.778. The lowest BCUT2D eigenvalue weighted by Crippen LogP contribution is -2.35. The predicted octanol–water partition coefficient (Wildman–Crippen LogP) is 4.74. The second kappa shape index (κ2) is 7.69. The zero-order valence-electron chi connectivity index (χ0n) is 12.6. The Bertz CT molecular complexity index is 334. The molecule has 1 aromatic carbocycles. The summed E-state index contributed by atoms with van der Waals surface area (Å²) in [6, 6.07) is 11.8. The summed E-state index contributed by atoms with van der Waals surface area (Å²) < 4.78 is 0. The molecule has 1 nitrogen and oxygen atoms in total. The molecule has 1 heteroatoms. The molecule has 106 valence electrons. The maximum absolute atomic E-state index is 3.80. The highest BCUT2D eigenvalue weighted by Gasteiger charge is 2.22. The molecule has 1 aromatic rings. The van der Waals surface area contributed by atoms with Gasteiger partial charge in [-0.15, -0.1) is 0 Å². The van der Waals surface area contributed by atoms with E-state index in [1.165, 1.54) is 45.1 Å². The Morgan fingerprint density at radius 1 is 1.00 bits per heavy atom. The highest BCUT2D eigenvalue weighted by Crippen LogP contribution is 2.32. The van der Waals surface area contributed by atoms with Crippen LogP contribution < -0.4 is 5.32 Å². The van der Waals surface area contributed by atoms with Crippen LogP contribution in [0.25, 0.3) is 0 Å². The van der Waals surface area contributed by atoms with Gasteiger partial charge in [-0.3, -0.25) is 0 Å². The molecule has 0 heterocycles. The van der Waals surface area contributed by atoms with Crippen molar-refractivity contribution in [3.63, 3.8) is 0 Å². The molecule has 0 saturated heterocycles. The molecular formula is C18H29N. The van der Waals surface area contributed by atoms with Crippen LogP contribution >= 0.6 is 0 Å². The average molecular weight is 259 g/mol. The Kier molecular flexibility index (Phi) is 5.91. The molecule has 0 spiro atoms. The van der Waals surface area contributed by atoms with Crippen LogP contribution in [-0.2, 0) is 0 Å². The van der Waals surface area contributed by atoms with Crippen LogP contribution in [0, 0.1) is 5.92 Å². The van der Waals surface area contributed by atoms with E-state index in [1.807, 2.05) is 0 Å². The molecule has 19 heavy (non-hydrogen) atoms. The summed E-state index contributed by atoms with van der Waals surface area (Å²) in [5.74, 6) is 1.67. The predicted molar refractivity (Wildman–Crippen MR) is 83.5 cm³/mol. The van der Waals surface area contributed by atoms with Crippen molar-refractivity contribution >= 4 is 0 Å². The molecule has 1 saturated carbocycles. The average Bonchev–Trinajstić information content (AvgIpc) is 2.50. The van der Waals surface area contributed by atoms with Crippen LogP contribution in [-0.4, -0.2) is 12.6 Å². The first-order chi connectivity index (χ1) is 9.33. The van der Waals surface area contributed by atoms with E-state index in [9.17, 15) is 0 Å². The standard InChI is InChI=1S/C18H29N/c1-3-15(4-2)14-19-18-12-10-17(11-13-18)16-8-6-5-7-9-16/h5-9,15,17-19H,3-4,10-14H2,1-2H3. The number of hydrogen-bond donors (Lipinski definition) is 1. The van der Waals surface area contributed by atoms with Crippen molar-refractivity contribution in [2.75, 3.05) is 6.54 Å². The topological polar surface area (TPSA) is 12.0 Å². The molecule has 1 aliphatic carbocycles. The van der Waals surface area contributed by atoms with Crippen LogP contribution in [0.2, 0.25) is 0 Å². The van der Waals surface area contributed by atoms with Crippen molar-refractivity contribution in [3.05, 3.63) is 35.9 Å². The van der Waals surface area contributed by atoms with E-state index >= 15 is 0 Å². The minimum absolute atomic E-state index is 0.764. The molecule has 0 unspecified atom stereocenters. The minimum atomic E-state index is 0.764. The first kappa shape index (κ1) is 14.6. The van der Waals surface area contributed by atoms with E-state index in [0.29, 0.717) is 0 Å². The van der Waals surface area contributed by atoms with Gasteiger partial charge in [-0.1, -0.05) is 57.0 Å². The third-order valence-electron chi connectivity index (χ3n) is 4.85. The van der Waals surface area contributed by atoms with Crippen molar-refractivity contribution in [2.24, 2.45) is 5.92 Å². The fourth-order valence-corrected chi connectivity index (χ4v) is 3.27. The van der Waals surface area contributed by atoms with Gasteiger partial charge < -0.3 is 5.32 Å².